The molecule has 2 aromatic rings. The van der Waals surface area contributed by atoms with E-state index >= 15 is 0 Å². The van der Waals surface area contributed by atoms with Gasteiger partial charge < -0.3 is 15.4 Å². The lowest BCUT2D eigenvalue weighted by Gasteiger charge is -2.19. The summed E-state index contributed by atoms with van der Waals surface area (Å²) in [5.74, 6) is -0.358. The van der Waals surface area contributed by atoms with Crippen LogP contribution in [0, 0.1) is 0 Å². The quantitative estimate of drug-likeness (QED) is 0.804. The Hall–Kier alpha value is -2.89. The number of aromatic nitrogens is 1. The van der Waals surface area contributed by atoms with Crippen molar-refractivity contribution in [2.75, 3.05) is 11.9 Å². The highest BCUT2D eigenvalue weighted by Crippen LogP contribution is 2.17. The van der Waals surface area contributed by atoms with Crippen molar-refractivity contribution in [3.8, 4) is 0 Å². The first-order valence-corrected chi connectivity index (χ1v) is 7.37. The van der Waals surface area contributed by atoms with E-state index in [1.165, 1.54) is 0 Å². The molecule has 0 radical (unpaired) electrons. The van der Waals surface area contributed by atoms with Gasteiger partial charge in [0.2, 0.25) is 0 Å². The monoisotopic (exact) mass is 313 g/mol. The number of hydrogen-bond donors (Lipinski definition) is 2. The van der Waals surface area contributed by atoms with Gasteiger partial charge in [-0.05, 0) is 24.6 Å². The zero-order chi connectivity index (χ0) is 16.5. The van der Waals surface area contributed by atoms with Crippen molar-refractivity contribution in [3.05, 3.63) is 60.4 Å². The van der Waals surface area contributed by atoms with E-state index in [9.17, 15) is 9.59 Å². The number of benzene rings is 1. The molecule has 1 heterocycles. The first kappa shape index (κ1) is 16.5. The smallest absolute Gasteiger partial charge is 0.319 e. The van der Waals surface area contributed by atoms with Crippen molar-refractivity contribution >= 4 is 17.7 Å². The number of pyridine rings is 1. The predicted molar refractivity (Wildman–Crippen MR) is 86.8 cm³/mol. The molecule has 6 nitrogen and oxygen atoms in total. The highest BCUT2D eigenvalue weighted by Gasteiger charge is 2.19. The number of nitrogens with one attached hydrogen (secondary N) is 2. The molecule has 0 saturated heterocycles. The third-order valence-corrected chi connectivity index (χ3v) is 3.10. The summed E-state index contributed by atoms with van der Waals surface area (Å²) in [4.78, 5) is 27.8. The molecule has 6 heteroatoms. The van der Waals surface area contributed by atoms with Crippen molar-refractivity contribution in [1.82, 2.24) is 10.3 Å². The van der Waals surface area contributed by atoms with Crippen LogP contribution in [0.15, 0.2) is 54.9 Å². The molecule has 0 aliphatic carbocycles. The molecule has 120 valence electrons. The number of esters is 1. The van der Waals surface area contributed by atoms with Crippen LogP contribution in [0.1, 0.15) is 24.9 Å². The molecule has 0 bridgehead atoms. The normalized spacial score (nSPS) is 11.3. The number of anilines is 1. The van der Waals surface area contributed by atoms with Crippen molar-refractivity contribution in [1.29, 1.82) is 0 Å². The Bertz CT molecular complexity index is 632. The van der Waals surface area contributed by atoms with Crippen LogP contribution in [0.4, 0.5) is 10.5 Å². The Kier molecular flexibility index (Phi) is 6.11. The predicted octanol–water partition coefficient (Wildman–Crippen LogP) is 2.90. The zero-order valence-corrected chi connectivity index (χ0v) is 12.9. The summed E-state index contributed by atoms with van der Waals surface area (Å²) in [7, 11) is 0. The number of carbonyl (C=O) groups is 2. The van der Waals surface area contributed by atoms with Gasteiger partial charge in [-0.2, -0.15) is 0 Å². The van der Waals surface area contributed by atoms with Crippen LogP contribution in [-0.4, -0.2) is 23.6 Å². The maximum Gasteiger partial charge on any atom is 0.319 e. The lowest BCUT2D eigenvalue weighted by atomic mass is 10.0. The molecule has 0 aliphatic heterocycles. The van der Waals surface area contributed by atoms with Gasteiger partial charge in [-0.1, -0.05) is 30.3 Å². The molecule has 2 rings (SSSR count). The average Bonchev–Trinajstić information content (AvgIpc) is 2.56. The van der Waals surface area contributed by atoms with Gasteiger partial charge in [0.05, 0.1) is 31.0 Å². The van der Waals surface area contributed by atoms with Crippen LogP contribution in [0.25, 0.3) is 0 Å². The van der Waals surface area contributed by atoms with E-state index < -0.39 is 12.1 Å². The summed E-state index contributed by atoms with van der Waals surface area (Å²) in [6.07, 6.45) is 3.23. The molecule has 0 aliphatic rings. The van der Waals surface area contributed by atoms with Gasteiger partial charge in [-0.25, -0.2) is 4.79 Å². The summed E-state index contributed by atoms with van der Waals surface area (Å²) in [5, 5.41) is 5.48. The molecular weight excluding hydrogens is 294 g/mol. The van der Waals surface area contributed by atoms with Gasteiger partial charge in [0, 0.05) is 6.20 Å². The van der Waals surface area contributed by atoms with Gasteiger partial charge in [0.1, 0.15) is 0 Å². The Balaban J connectivity index is 2.04. The van der Waals surface area contributed by atoms with Gasteiger partial charge >= 0.3 is 12.0 Å². The maximum absolute atomic E-state index is 12.1. The van der Waals surface area contributed by atoms with E-state index in [1.54, 1.807) is 31.5 Å². The second kappa shape index (κ2) is 8.53. The highest BCUT2D eigenvalue weighted by atomic mass is 16.5. The third-order valence-electron chi connectivity index (χ3n) is 3.10. The minimum absolute atomic E-state index is 0.0678. The molecule has 23 heavy (non-hydrogen) atoms. The molecule has 1 unspecified atom stereocenters. The number of hydrogen-bond acceptors (Lipinski definition) is 4. The maximum atomic E-state index is 12.1. The fourth-order valence-corrected chi connectivity index (χ4v) is 2.09. The van der Waals surface area contributed by atoms with Crippen molar-refractivity contribution in [2.45, 2.75) is 19.4 Å². The summed E-state index contributed by atoms with van der Waals surface area (Å²) in [6, 6.07) is 11.9. The summed E-state index contributed by atoms with van der Waals surface area (Å²) >= 11 is 0. The molecule has 1 aromatic heterocycles. The van der Waals surface area contributed by atoms with Crippen LogP contribution >= 0.6 is 0 Å². The number of urea groups is 1. The average molecular weight is 313 g/mol. The third kappa shape index (κ3) is 5.43. The van der Waals surface area contributed by atoms with E-state index in [-0.39, 0.29) is 12.4 Å². The second-order valence-electron chi connectivity index (χ2n) is 4.81. The summed E-state index contributed by atoms with van der Waals surface area (Å²) < 4.78 is 4.97. The molecule has 2 amide bonds. The van der Waals surface area contributed by atoms with Crippen LogP contribution in [0.2, 0.25) is 0 Å². The van der Waals surface area contributed by atoms with E-state index in [1.807, 2.05) is 30.3 Å². The molecule has 2 N–H and O–H groups in total. The molecule has 1 aromatic carbocycles. The van der Waals surface area contributed by atoms with Crippen molar-refractivity contribution in [3.63, 3.8) is 0 Å². The van der Waals surface area contributed by atoms with Crippen LogP contribution in [0.5, 0.6) is 0 Å². The van der Waals surface area contributed by atoms with Gasteiger partial charge in [0.15, 0.2) is 0 Å². The first-order valence-electron chi connectivity index (χ1n) is 7.37. The Morgan fingerprint density at radius 1 is 1.17 bits per heavy atom. The topological polar surface area (TPSA) is 80.3 Å². The van der Waals surface area contributed by atoms with E-state index in [2.05, 4.69) is 15.6 Å². The lowest BCUT2D eigenvalue weighted by molar-refractivity contribution is -0.143. The zero-order valence-electron chi connectivity index (χ0n) is 12.9. The van der Waals surface area contributed by atoms with Crippen LogP contribution in [-0.2, 0) is 9.53 Å². The largest absolute Gasteiger partial charge is 0.466 e. The standard InChI is InChI=1S/C17H19N3O3/c1-2-23-16(21)11-15(13-7-4-3-5-8-13)20-17(22)19-14-9-6-10-18-12-14/h3-10,12,15H,2,11H2,1H3,(H2,19,20,22). The lowest BCUT2D eigenvalue weighted by Crippen LogP contribution is -2.34. The summed E-state index contributed by atoms with van der Waals surface area (Å²) in [5.41, 5.74) is 1.41. The fraction of sp³-hybridized carbons (Fsp3) is 0.235. The SMILES string of the molecule is CCOC(=O)CC(NC(=O)Nc1cccnc1)c1ccccc1. The molecule has 1 atom stereocenters. The molecule has 0 spiro atoms. The Morgan fingerprint density at radius 2 is 1.96 bits per heavy atom. The number of nitrogens with zero attached hydrogens (tertiary/aromatic N) is 1. The molecule has 0 saturated carbocycles. The van der Waals surface area contributed by atoms with Crippen LogP contribution in [0.3, 0.4) is 0 Å². The van der Waals surface area contributed by atoms with E-state index in [0.29, 0.717) is 12.3 Å². The van der Waals surface area contributed by atoms with Gasteiger partial charge in [-0.15, -0.1) is 0 Å². The molecule has 0 fully saturated rings. The number of amides is 2. The Labute approximate surface area is 134 Å². The van der Waals surface area contributed by atoms with E-state index in [4.69, 9.17) is 4.74 Å². The van der Waals surface area contributed by atoms with Gasteiger partial charge in [-0.3, -0.25) is 9.78 Å². The number of rotatable bonds is 6. The minimum Gasteiger partial charge on any atom is -0.466 e. The highest BCUT2D eigenvalue weighted by molar-refractivity contribution is 5.89. The second-order valence-corrected chi connectivity index (χ2v) is 4.81. The first-order chi connectivity index (χ1) is 11.2. The van der Waals surface area contributed by atoms with Gasteiger partial charge in [0.25, 0.3) is 0 Å². The summed E-state index contributed by atoms with van der Waals surface area (Å²) in [6.45, 7) is 2.06. The number of carbonyl (C=O) groups excluding carboxylic acids is 2. The Morgan fingerprint density at radius 3 is 2.61 bits per heavy atom. The number of ether oxygens (including phenoxy) is 1. The molecular formula is C17H19N3O3. The van der Waals surface area contributed by atoms with Crippen LogP contribution < -0.4 is 10.6 Å². The fourth-order valence-electron chi connectivity index (χ4n) is 2.09. The minimum atomic E-state index is -0.466. The van der Waals surface area contributed by atoms with Crippen molar-refractivity contribution < 1.29 is 14.3 Å². The van der Waals surface area contributed by atoms with Crippen molar-refractivity contribution in [2.24, 2.45) is 0 Å². The van der Waals surface area contributed by atoms with E-state index in [0.717, 1.165) is 5.56 Å².